The lowest BCUT2D eigenvalue weighted by Gasteiger charge is -2.07. The quantitative estimate of drug-likeness (QED) is 0.893. The van der Waals surface area contributed by atoms with Gasteiger partial charge in [0.25, 0.3) is 15.9 Å². The topological polar surface area (TPSA) is 98.5 Å². The summed E-state index contributed by atoms with van der Waals surface area (Å²) in [6, 6.07) is 2.89. The van der Waals surface area contributed by atoms with Gasteiger partial charge in [0.2, 0.25) is 0 Å². The molecule has 0 radical (unpaired) electrons. The van der Waals surface area contributed by atoms with Crippen LogP contribution in [-0.4, -0.2) is 26.4 Å². The number of oxazole rings is 1. The monoisotopic (exact) mass is 328 g/mol. The van der Waals surface area contributed by atoms with Gasteiger partial charge in [-0.2, -0.15) is 0 Å². The molecule has 1 aromatic heterocycles. The molecule has 2 rings (SSSR count). The number of sulfonamides is 1. The highest BCUT2D eigenvalue weighted by molar-refractivity contribution is 7.90. The number of ether oxygens (including phenoxy) is 1. The van der Waals surface area contributed by atoms with Crippen LogP contribution in [0.5, 0.6) is 5.75 Å². The highest BCUT2D eigenvalue weighted by Crippen LogP contribution is 2.20. The van der Waals surface area contributed by atoms with Crippen LogP contribution in [0.15, 0.2) is 33.8 Å². The Morgan fingerprint density at radius 3 is 2.73 bits per heavy atom. The summed E-state index contributed by atoms with van der Waals surface area (Å²) in [5.74, 6) is -1.45. The molecule has 1 heterocycles. The van der Waals surface area contributed by atoms with E-state index in [1.165, 1.54) is 7.11 Å². The van der Waals surface area contributed by atoms with Gasteiger partial charge in [0.15, 0.2) is 11.6 Å². The normalized spacial score (nSPS) is 11.2. The molecule has 0 aliphatic heterocycles. The first kappa shape index (κ1) is 16.0. The summed E-state index contributed by atoms with van der Waals surface area (Å²) < 4.78 is 49.1. The van der Waals surface area contributed by atoms with Gasteiger partial charge >= 0.3 is 0 Å². The maximum Gasteiger partial charge on any atom is 0.286 e. The molecule has 118 valence electrons. The van der Waals surface area contributed by atoms with Crippen molar-refractivity contribution < 1.29 is 26.8 Å². The number of halogens is 1. The van der Waals surface area contributed by atoms with E-state index in [2.05, 4.69) is 4.98 Å². The number of carbonyl (C=O) groups is 1. The van der Waals surface area contributed by atoms with E-state index in [1.54, 1.807) is 11.6 Å². The SMILES string of the molecule is CCc1nc(C(=O)NS(=O)(=O)c2cc(F)cc(OC)c2)co1. The molecule has 1 N–H and O–H groups in total. The lowest BCUT2D eigenvalue weighted by atomic mass is 10.3. The molecule has 0 spiro atoms. The van der Waals surface area contributed by atoms with Gasteiger partial charge in [-0.05, 0) is 6.07 Å². The van der Waals surface area contributed by atoms with Crippen LogP contribution in [0.3, 0.4) is 0 Å². The predicted octanol–water partition coefficient (Wildman–Crippen LogP) is 1.50. The van der Waals surface area contributed by atoms with Gasteiger partial charge in [-0.3, -0.25) is 4.79 Å². The third kappa shape index (κ3) is 3.42. The molecule has 0 saturated heterocycles. The minimum Gasteiger partial charge on any atom is -0.497 e. The molecule has 1 amide bonds. The van der Waals surface area contributed by atoms with Crippen LogP contribution in [0.2, 0.25) is 0 Å². The number of rotatable bonds is 5. The molecule has 22 heavy (non-hydrogen) atoms. The minimum absolute atomic E-state index is 0.0162. The predicted molar refractivity (Wildman–Crippen MR) is 73.5 cm³/mol. The number of benzene rings is 1. The van der Waals surface area contributed by atoms with Crippen molar-refractivity contribution in [2.45, 2.75) is 18.2 Å². The van der Waals surface area contributed by atoms with E-state index in [9.17, 15) is 17.6 Å². The van der Waals surface area contributed by atoms with Crippen molar-refractivity contribution in [3.05, 3.63) is 41.9 Å². The summed E-state index contributed by atoms with van der Waals surface area (Å²) in [5.41, 5.74) is -0.177. The number of nitrogens with one attached hydrogen (secondary N) is 1. The number of aryl methyl sites for hydroxylation is 1. The summed E-state index contributed by atoms with van der Waals surface area (Å²) >= 11 is 0. The Kier molecular flexibility index (Phi) is 4.45. The van der Waals surface area contributed by atoms with Gasteiger partial charge < -0.3 is 9.15 Å². The minimum atomic E-state index is -4.26. The summed E-state index contributed by atoms with van der Waals surface area (Å²) in [6.07, 6.45) is 1.51. The number of carbonyl (C=O) groups excluding carboxylic acids is 1. The Bertz CT molecular complexity index is 801. The van der Waals surface area contributed by atoms with Crippen LogP contribution in [0, 0.1) is 5.82 Å². The van der Waals surface area contributed by atoms with Crippen molar-refractivity contribution in [3.63, 3.8) is 0 Å². The summed E-state index contributed by atoms with van der Waals surface area (Å²) in [7, 11) is -2.99. The molecule has 0 saturated carbocycles. The maximum absolute atomic E-state index is 13.4. The largest absolute Gasteiger partial charge is 0.497 e. The van der Waals surface area contributed by atoms with E-state index in [1.807, 2.05) is 0 Å². The number of hydrogen-bond acceptors (Lipinski definition) is 6. The van der Waals surface area contributed by atoms with E-state index in [4.69, 9.17) is 9.15 Å². The van der Waals surface area contributed by atoms with Crippen molar-refractivity contribution in [2.75, 3.05) is 7.11 Å². The van der Waals surface area contributed by atoms with Gasteiger partial charge in [0.1, 0.15) is 17.8 Å². The van der Waals surface area contributed by atoms with Crippen molar-refractivity contribution in [3.8, 4) is 5.75 Å². The molecule has 9 heteroatoms. The second-order valence-corrected chi connectivity index (χ2v) is 5.92. The molecule has 0 aliphatic rings. The second kappa shape index (κ2) is 6.14. The first-order chi connectivity index (χ1) is 10.4. The zero-order chi connectivity index (χ0) is 16.3. The number of nitrogens with zero attached hydrogens (tertiary/aromatic N) is 1. The van der Waals surface area contributed by atoms with E-state index < -0.39 is 26.6 Å². The van der Waals surface area contributed by atoms with Crippen LogP contribution in [0.4, 0.5) is 4.39 Å². The van der Waals surface area contributed by atoms with E-state index in [0.29, 0.717) is 12.3 Å². The Morgan fingerprint density at radius 1 is 1.41 bits per heavy atom. The van der Waals surface area contributed by atoms with Crippen molar-refractivity contribution in [2.24, 2.45) is 0 Å². The molecule has 2 aromatic rings. The fraction of sp³-hybridized carbons (Fsp3) is 0.231. The van der Waals surface area contributed by atoms with Crippen molar-refractivity contribution in [1.29, 1.82) is 0 Å². The molecular weight excluding hydrogens is 315 g/mol. The first-order valence-electron chi connectivity index (χ1n) is 6.22. The molecule has 0 bridgehead atoms. The zero-order valence-electron chi connectivity index (χ0n) is 11.8. The van der Waals surface area contributed by atoms with Gasteiger partial charge in [0.05, 0.1) is 12.0 Å². The zero-order valence-corrected chi connectivity index (χ0v) is 12.6. The Balaban J connectivity index is 2.27. The Hall–Kier alpha value is -2.42. The average molecular weight is 328 g/mol. The summed E-state index contributed by atoms with van der Waals surface area (Å²) in [4.78, 5) is 15.2. The molecule has 0 fully saturated rings. The molecule has 0 aliphatic carbocycles. The van der Waals surface area contributed by atoms with Gasteiger partial charge in [-0.15, -0.1) is 0 Å². The number of methoxy groups -OCH3 is 1. The van der Waals surface area contributed by atoms with E-state index in [0.717, 1.165) is 24.5 Å². The molecular formula is C13H13FN2O5S. The van der Waals surface area contributed by atoms with Crippen molar-refractivity contribution in [1.82, 2.24) is 9.71 Å². The number of amides is 1. The van der Waals surface area contributed by atoms with Gasteiger partial charge in [-0.25, -0.2) is 22.5 Å². The van der Waals surface area contributed by atoms with E-state index in [-0.39, 0.29) is 11.4 Å². The smallest absolute Gasteiger partial charge is 0.286 e. The lowest BCUT2D eigenvalue weighted by Crippen LogP contribution is -2.31. The third-order valence-electron chi connectivity index (χ3n) is 2.70. The van der Waals surface area contributed by atoms with Crippen molar-refractivity contribution >= 4 is 15.9 Å². The second-order valence-electron chi connectivity index (χ2n) is 4.24. The average Bonchev–Trinajstić information content (AvgIpc) is 2.95. The molecule has 1 aromatic carbocycles. The fourth-order valence-electron chi connectivity index (χ4n) is 1.62. The standard InChI is InChI=1S/C13H13FN2O5S/c1-3-12-15-11(7-21-12)13(17)16-22(18,19)10-5-8(14)4-9(6-10)20-2/h4-7H,3H2,1-2H3,(H,16,17). The maximum atomic E-state index is 13.4. The van der Waals surface area contributed by atoms with Gasteiger partial charge in [-0.1, -0.05) is 6.92 Å². The van der Waals surface area contributed by atoms with Gasteiger partial charge in [0, 0.05) is 18.6 Å². The number of hydrogen-bond donors (Lipinski definition) is 1. The van der Waals surface area contributed by atoms with Crippen LogP contribution in [0.1, 0.15) is 23.3 Å². The van der Waals surface area contributed by atoms with Crippen LogP contribution in [-0.2, 0) is 16.4 Å². The lowest BCUT2D eigenvalue weighted by molar-refractivity contribution is 0.0976. The van der Waals surface area contributed by atoms with Crippen LogP contribution >= 0.6 is 0 Å². The number of aromatic nitrogens is 1. The molecule has 0 atom stereocenters. The summed E-state index contributed by atoms with van der Waals surface area (Å²) in [5, 5.41) is 0. The van der Waals surface area contributed by atoms with E-state index >= 15 is 0 Å². The summed E-state index contributed by atoms with van der Waals surface area (Å²) in [6.45, 7) is 1.77. The molecule has 0 unspecified atom stereocenters. The highest BCUT2D eigenvalue weighted by Gasteiger charge is 2.22. The Labute approximate surface area is 126 Å². The molecule has 7 nitrogen and oxygen atoms in total. The fourth-order valence-corrected chi connectivity index (χ4v) is 2.63. The van der Waals surface area contributed by atoms with Crippen LogP contribution in [0.25, 0.3) is 0 Å². The highest BCUT2D eigenvalue weighted by atomic mass is 32.2. The first-order valence-corrected chi connectivity index (χ1v) is 7.70. The Morgan fingerprint density at radius 2 is 2.14 bits per heavy atom. The van der Waals surface area contributed by atoms with Crippen LogP contribution < -0.4 is 9.46 Å². The third-order valence-corrected chi connectivity index (χ3v) is 4.02.